The molecule has 2 aromatic carbocycles. The minimum Gasteiger partial charge on any atom is -0.456 e. The van der Waals surface area contributed by atoms with Crippen LogP contribution in [0.4, 0.5) is 4.39 Å². The Morgan fingerprint density at radius 3 is 2.56 bits per heavy atom. The van der Waals surface area contributed by atoms with Crippen molar-refractivity contribution >= 4 is 0 Å². The van der Waals surface area contributed by atoms with Crippen molar-refractivity contribution in [2.24, 2.45) is 0 Å². The maximum absolute atomic E-state index is 13.2. The Bertz CT molecular complexity index is 629. The maximum Gasteiger partial charge on any atom is 0.148 e. The predicted molar refractivity (Wildman–Crippen MR) is 67.1 cm³/mol. The van der Waals surface area contributed by atoms with Crippen molar-refractivity contribution in [3.8, 4) is 17.6 Å². The van der Waals surface area contributed by atoms with Crippen molar-refractivity contribution in [2.75, 3.05) is 0 Å². The number of halogens is 1. The molecule has 0 aliphatic heterocycles. The first kappa shape index (κ1) is 12.1. The van der Waals surface area contributed by atoms with Crippen LogP contribution in [0.1, 0.15) is 16.7 Å². The summed E-state index contributed by atoms with van der Waals surface area (Å²) < 4.78 is 18.8. The molecule has 2 aromatic rings. The standard InChI is InChI=1S/C15H12FNO/c1-10-4-3-5-12(9-17)15(10)18-13-6-7-14(16)11(2)8-13/h3-8H,1-2H3. The second kappa shape index (κ2) is 4.89. The molecule has 90 valence electrons. The molecule has 2 nitrogen and oxygen atoms in total. The molecule has 0 aliphatic carbocycles. The molecule has 0 unspecified atom stereocenters. The molecule has 0 amide bonds. The van der Waals surface area contributed by atoms with Crippen LogP contribution in [0.15, 0.2) is 36.4 Å². The largest absolute Gasteiger partial charge is 0.456 e. The fraction of sp³-hybridized carbons (Fsp3) is 0.133. The first-order valence-electron chi connectivity index (χ1n) is 5.55. The molecule has 0 aliphatic rings. The number of nitriles is 1. The molecular weight excluding hydrogens is 229 g/mol. The highest BCUT2D eigenvalue weighted by molar-refractivity contribution is 5.50. The molecule has 3 heteroatoms. The summed E-state index contributed by atoms with van der Waals surface area (Å²) >= 11 is 0. The Kier molecular flexibility index (Phi) is 3.29. The average Bonchev–Trinajstić information content (AvgIpc) is 2.36. The normalized spacial score (nSPS) is 9.89. The molecular formula is C15H12FNO. The third-order valence-electron chi connectivity index (χ3n) is 2.68. The van der Waals surface area contributed by atoms with Crippen molar-refractivity contribution in [1.29, 1.82) is 5.26 Å². The lowest BCUT2D eigenvalue weighted by Crippen LogP contribution is -1.92. The van der Waals surface area contributed by atoms with E-state index in [-0.39, 0.29) is 5.82 Å². The zero-order valence-electron chi connectivity index (χ0n) is 10.2. The summed E-state index contributed by atoms with van der Waals surface area (Å²) in [5.74, 6) is 0.776. The lowest BCUT2D eigenvalue weighted by atomic mass is 10.1. The van der Waals surface area contributed by atoms with Gasteiger partial charge in [-0.05, 0) is 49.2 Å². The maximum atomic E-state index is 13.2. The van der Waals surface area contributed by atoms with Crippen LogP contribution in [-0.2, 0) is 0 Å². The number of hydrogen-bond donors (Lipinski definition) is 0. The number of hydrogen-bond acceptors (Lipinski definition) is 2. The van der Waals surface area contributed by atoms with Gasteiger partial charge in [0.15, 0.2) is 0 Å². The smallest absolute Gasteiger partial charge is 0.148 e. The van der Waals surface area contributed by atoms with Crippen molar-refractivity contribution in [2.45, 2.75) is 13.8 Å². The summed E-state index contributed by atoms with van der Waals surface area (Å²) in [5, 5.41) is 9.03. The van der Waals surface area contributed by atoms with Crippen molar-refractivity contribution < 1.29 is 9.13 Å². The zero-order chi connectivity index (χ0) is 13.1. The molecule has 0 radical (unpaired) electrons. The lowest BCUT2D eigenvalue weighted by Gasteiger charge is -2.10. The summed E-state index contributed by atoms with van der Waals surface area (Å²) in [4.78, 5) is 0. The number of benzene rings is 2. The monoisotopic (exact) mass is 241 g/mol. The van der Waals surface area contributed by atoms with E-state index in [0.29, 0.717) is 22.6 Å². The van der Waals surface area contributed by atoms with Gasteiger partial charge >= 0.3 is 0 Å². The third kappa shape index (κ3) is 2.33. The fourth-order valence-electron chi connectivity index (χ4n) is 1.67. The van der Waals surface area contributed by atoms with Gasteiger partial charge in [0, 0.05) is 0 Å². The van der Waals surface area contributed by atoms with Gasteiger partial charge in [-0.1, -0.05) is 12.1 Å². The molecule has 2 rings (SSSR count). The van der Waals surface area contributed by atoms with Gasteiger partial charge in [-0.3, -0.25) is 0 Å². The van der Waals surface area contributed by atoms with Crippen LogP contribution in [0, 0.1) is 31.0 Å². The van der Waals surface area contributed by atoms with Gasteiger partial charge in [0.05, 0.1) is 5.56 Å². The SMILES string of the molecule is Cc1cc(Oc2c(C)cccc2C#N)ccc1F. The van der Waals surface area contributed by atoms with E-state index in [2.05, 4.69) is 6.07 Å². The van der Waals surface area contributed by atoms with E-state index in [1.165, 1.54) is 6.07 Å². The Labute approximate surface area is 105 Å². The van der Waals surface area contributed by atoms with Crippen LogP contribution >= 0.6 is 0 Å². The minimum atomic E-state index is -0.271. The molecule has 0 heterocycles. The van der Waals surface area contributed by atoms with Gasteiger partial charge in [0.2, 0.25) is 0 Å². The van der Waals surface area contributed by atoms with Crippen LogP contribution in [-0.4, -0.2) is 0 Å². The van der Waals surface area contributed by atoms with Gasteiger partial charge in [-0.2, -0.15) is 5.26 Å². The van der Waals surface area contributed by atoms with Gasteiger partial charge in [-0.25, -0.2) is 4.39 Å². The highest BCUT2D eigenvalue weighted by Gasteiger charge is 2.08. The Morgan fingerprint density at radius 1 is 1.11 bits per heavy atom. The van der Waals surface area contributed by atoms with Crippen LogP contribution in [0.3, 0.4) is 0 Å². The number of rotatable bonds is 2. The van der Waals surface area contributed by atoms with E-state index in [1.54, 1.807) is 31.2 Å². The number of aryl methyl sites for hydroxylation is 2. The molecule has 18 heavy (non-hydrogen) atoms. The first-order valence-corrected chi connectivity index (χ1v) is 5.55. The van der Waals surface area contributed by atoms with Crippen molar-refractivity contribution in [3.63, 3.8) is 0 Å². The van der Waals surface area contributed by atoms with Crippen LogP contribution in [0.5, 0.6) is 11.5 Å². The summed E-state index contributed by atoms with van der Waals surface area (Å²) in [6.07, 6.45) is 0. The summed E-state index contributed by atoms with van der Waals surface area (Å²) in [6.45, 7) is 3.54. The predicted octanol–water partition coefficient (Wildman–Crippen LogP) is 4.11. The van der Waals surface area contributed by atoms with Gasteiger partial charge in [0.25, 0.3) is 0 Å². The summed E-state index contributed by atoms with van der Waals surface area (Å²) in [5.41, 5.74) is 1.85. The zero-order valence-corrected chi connectivity index (χ0v) is 10.2. The molecule has 0 atom stereocenters. The second-order valence-electron chi connectivity index (χ2n) is 4.08. The van der Waals surface area contributed by atoms with Crippen LogP contribution < -0.4 is 4.74 Å². The number of nitrogens with zero attached hydrogens (tertiary/aromatic N) is 1. The van der Waals surface area contributed by atoms with Crippen LogP contribution in [0.2, 0.25) is 0 Å². The molecule has 0 saturated carbocycles. The topological polar surface area (TPSA) is 33.0 Å². The van der Waals surface area contributed by atoms with E-state index in [1.807, 2.05) is 13.0 Å². The molecule has 0 bridgehead atoms. The quantitative estimate of drug-likeness (QED) is 0.792. The molecule has 0 aromatic heterocycles. The molecule has 0 spiro atoms. The lowest BCUT2D eigenvalue weighted by molar-refractivity contribution is 0.474. The van der Waals surface area contributed by atoms with Gasteiger partial charge < -0.3 is 4.74 Å². The first-order chi connectivity index (χ1) is 8.61. The summed E-state index contributed by atoms with van der Waals surface area (Å²) in [6, 6.07) is 12.0. The Hall–Kier alpha value is -2.34. The Balaban J connectivity index is 2.40. The highest BCUT2D eigenvalue weighted by atomic mass is 19.1. The van der Waals surface area contributed by atoms with Gasteiger partial charge in [-0.15, -0.1) is 0 Å². The number of para-hydroxylation sites is 1. The molecule has 0 saturated heterocycles. The van der Waals surface area contributed by atoms with Crippen LogP contribution in [0.25, 0.3) is 0 Å². The molecule has 0 N–H and O–H groups in total. The van der Waals surface area contributed by atoms with E-state index in [9.17, 15) is 4.39 Å². The Morgan fingerprint density at radius 2 is 1.89 bits per heavy atom. The van der Waals surface area contributed by atoms with Crippen molar-refractivity contribution in [3.05, 3.63) is 58.9 Å². The van der Waals surface area contributed by atoms with E-state index in [4.69, 9.17) is 10.00 Å². The summed E-state index contributed by atoms with van der Waals surface area (Å²) in [7, 11) is 0. The van der Waals surface area contributed by atoms with Gasteiger partial charge in [0.1, 0.15) is 23.4 Å². The average molecular weight is 241 g/mol. The number of ether oxygens (including phenoxy) is 1. The fourth-order valence-corrected chi connectivity index (χ4v) is 1.67. The third-order valence-corrected chi connectivity index (χ3v) is 2.68. The highest BCUT2D eigenvalue weighted by Crippen LogP contribution is 2.29. The van der Waals surface area contributed by atoms with E-state index < -0.39 is 0 Å². The molecule has 0 fully saturated rings. The van der Waals surface area contributed by atoms with E-state index >= 15 is 0 Å². The van der Waals surface area contributed by atoms with Crippen molar-refractivity contribution in [1.82, 2.24) is 0 Å². The second-order valence-corrected chi connectivity index (χ2v) is 4.08. The van der Waals surface area contributed by atoms with E-state index in [0.717, 1.165) is 5.56 Å². The minimum absolute atomic E-state index is 0.271.